The van der Waals surface area contributed by atoms with Gasteiger partial charge in [0.2, 0.25) is 13.6 Å². The molecule has 3 aromatic rings. The lowest BCUT2D eigenvalue weighted by atomic mass is 9.97. The minimum Gasteiger partial charge on any atom is -0.454 e. The molecular weight excluding hydrogens is 356 g/mol. The Balaban J connectivity index is 1.55. The van der Waals surface area contributed by atoms with Gasteiger partial charge in [0.1, 0.15) is 0 Å². The van der Waals surface area contributed by atoms with Gasteiger partial charge in [0, 0.05) is 17.1 Å². The molecule has 0 atom stereocenters. The minimum atomic E-state index is 0.259. The van der Waals surface area contributed by atoms with Crippen LogP contribution in [0.15, 0.2) is 36.5 Å². The summed E-state index contributed by atoms with van der Waals surface area (Å²) in [6.45, 7) is 1.54. The highest BCUT2D eigenvalue weighted by atomic mass is 16.7. The first-order chi connectivity index (χ1) is 13.8. The van der Waals surface area contributed by atoms with E-state index in [0.29, 0.717) is 0 Å². The van der Waals surface area contributed by atoms with Crippen molar-refractivity contribution in [3.05, 3.63) is 42.1 Å². The smallest absolute Gasteiger partial charge is 0.231 e. The lowest BCUT2D eigenvalue weighted by Crippen LogP contribution is -2.07. The Hall–Kier alpha value is -2.99. The van der Waals surface area contributed by atoms with Crippen molar-refractivity contribution in [2.45, 2.75) is 19.3 Å². The van der Waals surface area contributed by atoms with Gasteiger partial charge in [-0.25, -0.2) is 0 Å². The predicted octanol–water partition coefficient (Wildman–Crippen LogP) is 3.90. The Morgan fingerprint density at radius 2 is 1.75 bits per heavy atom. The molecule has 6 heteroatoms. The molecule has 0 unspecified atom stereocenters. The van der Waals surface area contributed by atoms with Crippen LogP contribution in [0.4, 0.5) is 0 Å². The average Bonchev–Trinajstić information content (AvgIpc) is 3.38. The lowest BCUT2D eigenvalue weighted by Gasteiger charge is -2.12. The Labute approximate surface area is 163 Å². The predicted molar refractivity (Wildman–Crippen MR) is 106 cm³/mol. The van der Waals surface area contributed by atoms with Crippen LogP contribution in [0.1, 0.15) is 18.4 Å². The molecule has 3 heterocycles. The lowest BCUT2D eigenvalue weighted by molar-refractivity contribution is 0.174. The van der Waals surface area contributed by atoms with Gasteiger partial charge in [-0.2, -0.15) is 0 Å². The maximum atomic E-state index is 5.61. The molecule has 0 bridgehead atoms. The first-order valence-corrected chi connectivity index (χ1v) is 9.59. The van der Waals surface area contributed by atoms with Crippen LogP contribution in [0.25, 0.3) is 22.0 Å². The first kappa shape index (κ1) is 17.1. The van der Waals surface area contributed by atoms with Gasteiger partial charge >= 0.3 is 0 Å². The second kappa shape index (κ2) is 7.20. The van der Waals surface area contributed by atoms with Gasteiger partial charge in [-0.1, -0.05) is 6.07 Å². The fourth-order valence-electron chi connectivity index (χ4n) is 3.78. The second-order valence-corrected chi connectivity index (χ2v) is 7.01. The third-order valence-electron chi connectivity index (χ3n) is 5.23. The van der Waals surface area contributed by atoms with E-state index in [0.717, 1.165) is 70.8 Å². The third kappa shape index (κ3) is 2.99. The zero-order valence-corrected chi connectivity index (χ0v) is 15.8. The molecule has 1 N–H and O–H groups in total. The topological polar surface area (TPSA) is 61.8 Å². The number of benzene rings is 2. The molecule has 0 fully saturated rings. The summed E-state index contributed by atoms with van der Waals surface area (Å²) in [6.07, 6.45) is 5.06. The summed E-state index contributed by atoms with van der Waals surface area (Å²) in [4.78, 5) is 4.74. The molecule has 0 radical (unpaired) electrons. The van der Waals surface area contributed by atoms with Crippen LogP contribution < -0.4 is 24.3 Å². The highest BCUT2D eigenvalue weighted by molar-refractivity contribution is 5.93. The van der Waals surface area contributed by atoms with E-state index in [1.54, 1.807) is 0 Å². The molecule has 144 valence electrons. The van der Waals surface area contributed by atoms with Crippen molar-refractivity contribution in [2.24, 2.45) is 0 Å². The number of ether oxygens (including phenoxy) is 4. The summed E-state index contributed by atoms with van der Waals surface area (Å²) < 4.78 is 22.3. The number of nitrogens with zero attached hydrogens (tertiary/aromatic N) is 1. The fourth-order valence-corrected chi connectivity index (χ4v) is 3.78. The Morgan fingerprint density at radius 3 is 2.64 bits per heavy atom. The number of aromatic nitrogens is 1. The number of aryl methyl sites for hydroxylation is 1. The molecule has 0 saturated carbocycles. The molecule has 6 nitrogen and oxygen atoms in total. The molecular formula is C22H22N2O4. The molecule has 5 rings (SSSR count). The van der Waals surface area contributed by atoms with E-state index in [1.165, 1.54) is 5.56 Å². The fraction of sp³-hybridized carbons (Fsp3) is 0.318. The molecule has 2 aromatic carbocycles. The van der Waals surface area contributed by atoms with Crippen LogP contribution in [0.2, 0.25) is 0 Å². The maximum absolute atomic E-state index is 5.61. The first-order valence-electron chi connectivity index (χ1n) is 9.59. The molecule has 0 aliphatic carbocycles. The zero-order valence-electron chi connectivity index (χ0n) is 15.8. The van der Waals surface area contributed by atoms with E-state index >= 15 is 0 Å². The van der Waals surface area contributed by atoms with E-state index in [1.807, 2.05) is 25.4 Å². The van der Waals surface area contributed by atoms with E-state index in [2.05, 4.69) is 23.5 Å². The largest absolute Gasteiger partial charge is 0.454 e. The van der Waals surface area contributed by atoms with Crippen LogP contribution in [0, 0.1) is 0 Å². The van der Waals surface area contributed by atoms with Crippen molar-refractivity contribution in [1.29, 1.82) is 0 Å². The van der Waals surface area contributed by atoms with Crippen LogP contribution >= 0.6 is 0 Å². The highest BCUT2D eigenvalue weighted by Gasteiger charge is 2.20. The monoisotopic (exact) mass is 378 g/mol. The zero-order chi connectivity index (χ0) is 18.9. The summed E-state index contributed by atoms with van der Waals surface area (Å²) in [7, 11) is 1.98. The molecule has 1 aromatic heterocycles. The van der Waals surface area contributed by atoms with Crippen molar-refractivity contribution < 1.29 is 18.9 Å². The van der Waals surface area contributed by atoms with Crippen molar-refractivity contribution in [3.8, 4) is 34.3 Å². The van der Waals surface area contributed by atoms with Gasteiger partial charge in [0.05, 0.1) is 5.69 Å². The summed E-state index contributed by atoms with van der Waals surface area (Å²) >= 11 is 0. The van der Waals surface area contributed by atoms with Gasteiger partial charge in [-0.3, -0.25) is 4.98 Å². The summed E-state index contributed by atoms with van der Waals surface area (Å²) in [5.74, 6) is 3.14. The highest BCUT2D eigenvalue weighted by Crippen LogP contribution is 2.42. The number of fused-ring (bicyclic) bond motifs is 4. The normalized spacial score (nSPS) is 14.0. The summed E-state index contributed by atoms with van der Waals surface area (Å²) in [6, 6.07) is 10.3. The Morgan fingerprint density at radius 1 is 0.929 bits per heavy atom. The molecule has 0 saturated heterocycles. The number of rotatable bonds is 6. The number of hydrogen-bond acceptors (Lipinski definition) is 6. The van der Waals surface area contributed by atoms with E-state index < -0.39 is 0 Å². The van der Waals surface area contributed by atoms with Gasteiger partial charge in [-0.05, 0) is 68.1 Å². The number of nitrogens with one attached hydrogen (secondary N) is 1. The minimum absolute atomic E-state index is 0.259. The summed E-state index contributed by atoms with van der Waals surface area (Å²) in [5, 5.41) is 5.25. The third-order valence-corrected chi connectivity index (χ3v) is 5.23. The quantitative estimate of drug-likeness (QED) is 0.657. The van der Waals surface area contributed by atoms with Crippen LogP contribution in [0.3, 0.4) is 0 Å². The van der Waals surface area contributed by atoms with Gasteiger partial charge < -0.3 is 24.3 Å². The number of unbranched alkanes of at least 4 members (excludes halogenated alkanes) is 1. The SMILES string of the molecule is CNCCCCc1cc2c(cc1-c1cc3ccc4c(c3cn1)OCO4)OCO2. The van der Waals surface area contributed by atoms with Crippen LogP contribution in [0.5, 0.6) is 23.0 Å². The maximum Gasteiger partial charge on any atom is 0.231 e. The number of pyridine rings is 1. The van der Waals surface area contributed by atoms with Crippen LogP contribution in [-0.4, -0.2) is 32.2 Å². The van der Waals surface area contributed by atoms with Crippen molar-refractivity contribution in [3.63, 3.8) is 0 Å². The molecule has 0 spiro atoms. The summed E-state index contributed by atoms with van der Waals surface area (Å²) in [5.41, 5.74) is 3.24. The molecule has 28 heavy (non-hydrogen) atoms. The standard InChI is InChI=1S/C22H22N2O4/c1-23-7-3-2-4-14-9-20-21(27-12-26-20)10-16(14)18-8-15-5-6-19-22(28-13-25-19)17(15)11-24-18/h5-6,8-11,23H,2-4,7,12-13H2,1H3. The molecule has 2 aliphatic heterocycles. The Kier molecular flexibility index (Phi) is 4.41. The van der Waals surface area contributed by atoms with Gasteiger partial charge in [-0.15, -0.1) is 0 Å². The van der Waals surface area contributed by atoms with Gasteiger partial charge in [0.15, 0.2) is 23.0 Å². The second-order valence-electron chi connectivity index (χ2n) is 7.01. The van der Waals surface area contributed by atoms with E-state index in [4.69, 9.17) is 23.9 Å². The molecule has 0 amide bonds. The molecule has 2 aliphatic rings. The van der Waals surface area contributed by atoms with Crippen LogP contribution in [-0.2, 0) is 6.42 Å². The van der Waals surface area contributed by atoms with Crippen molar-refractivity contribution >= 4 is 10.8 Å². The van der Waals surface area contributed by atoms with Crippen molar-refractivity contribution in [1.82, 2.24) is 10.3 Å². The van der Waals surface area contributed by atoms with Crippen molar-refractivity contribution in [2.75, 3.05) is 27.2 Å². The Bertz CT molecular complexity index is 1030. The van der Waals surface area contributed by atoms with E-state index in [-0.39, 0.29) is 13.6 Å². The number of hydrogen-bond donors (Lipinski definition) is 1. The average molecular weight is 378 g/mol. The van der Waals surface area contributed by atoms with Gasteiger partial charge in [0.25, 0.3) is 0 Å². The van der Waals surface area contributed by atoms with E-state index in [9.17, 15) is 0 Å².